The molecule has 20 heavy (non-hydrogen) atoms. The Morgan fingerprint density at radius 1 is 1.15 bits per heavy atom. The Bertz CT molecular complexity index is 454. The predicted octanol–water partition coefficient (Wildman–Crippen LogP) is 6.23. The molecule has 0 atom stereocenters. The highest BCUT2D eigenvalue weighted by molar-refractivity contribution is 6.55. The summed E-state index contributed by atoms with van der Waals surface area (Å²) in [5.74, 6) is 1.45. The number of hydrogen-bond donors (Lipinski definition) is 0. The van der Waals surface area contributed by atoms with Crippen molar-refractivity contribution < 1.29 is 4.74 Å². The summed E-state index contributed by atoms with van der Waals surface area (Å²) in [7, 11) is 0. The highest BCUT2D eigenvalue weighted by atomic mass is 35.5. The van der Waals surface area contributed by atoms with Crippen LogP contribution in [0.3, 0.4) is 0 Å². The molecule has 0 fully saturated rings. The summed E-state index contributed by atoms with van der Waals surface area (Å²) in [6.07, 6.45) is 5.70. The number of halogens is 2. The van der Waals surface area contributed by atoms with Crippen LogP contribution in [0.5, 0.6) is 5.75 Å². The minimum atomic E-state index is 0.333. The van der Waals surface area contributed by atoms with Gasteiger partial charge in [-0.2, -0.15) is 0 Å². The van der Waals surface area contributed by atoms with Crippen LogP contribution in [-0.2, 0) is 0 Å². The molecule has 0 aliphatic heterocycles. The Morgan fingerprint density at radius 3 is 2.35 bits per heavy atom. The van der Waals surface area contributed by atoms with Crippen LogP contribution < -0.4 is 4.74 Å². The lowest BCUT2D eigenvalue weighted by Gasteiger charge is -2.08. The van der Waals surface area contributed by atoms with Gasteiger partial charge in [0.25, 0.3) is 0 Å². The minimum Gasteiger partial charge on any atom is -0.490 e. The highest BCUT2D eigenvalue weighted by Gasteiger charge is 1.99. The quantitative estimate of drug-likeness (QED) is 0.542. The van der Waals surface area contributed by atoms with E-state index in [0.717, 1.165) is 18.6 Å². The van der Waals surface area contributed by atoms with Gasteiger partial charge in [-0.3, -0.25) is 0 Å². The third-order valence-corrected chi connectivity index (χ3v) is 3.37. The van der Waals surface area contributed by atoms with Crippen LogP contribution in [0.2, 0.25) is 0 Å². The zero-order chi connectivity index (χ0) is 15.0. The lowest BCUT2D eigenvalue weighted by molar-refractivity contribution is 0.361. The van der Waals surface area contributed by atoms with Gasteiger partial charge in [0.15, 0.2) is 0 Å². The van der Waals surface area contributed by atoms with Crippen LogP contribution in [0.15, 0.2) is 46.5 Å². The second-order valence-electron chi connectivity index (χ2n) is 5.12. The van der Waals surface area contributed by atoms with E-state index in [1.165, 1.54) is 11.1 Å². The number of ether oxygens (including phenoxy) is 1. The van der Waals surface area contributed by atoms with Crippen LogP contribution in [-0.4, -0.2) is 6.61 Å². The first-order valence-electron chi connectivity index (χ1n) is 6.88. The molecule has 0 radical (unpaired) electrons. The summed E-state index contributed by atoms with van der Waals surface area (Å²) < 4.78 is 6.03. The molecule has 0 aliphatic carbocycles. The number of rotatable bonds is 7. The summed E-state index contributed by atoms with van der Waals surface area (Å²) in [6, 6.07) is 8.27. The molecule has 0 unspecified atom stereocenters. The average Bonchev–Trinajstić information content (AvgIpc) is 2.39. The Kier molecular flexibility index (Phi) is 7.79. The molecule has 0 heterocycles. The van der Waals surface area contributed by atoms with Gasteiger partial charge in [0, 0.05) is 0 Å². The molecule has 3 heteroatoms. The van der Waals surface area contributed by atoms with E-state index in [4.69, 9.17) is 27.9 Å². The molecular weight excluding hydrogens is 291 g/mol. The maximum absolute atomic E-state index is 5.69. The largest absolute Gasteiger partial charge is 0.490 e. The first kappa shape index (κ1) is 17.1. The van der Waals surface area contributed by atoms with E-state index in [1.54, 1.807) is 0 Å². The second kappa shape index (κ2) is 9.10. The fourth-order valence-electron chi connectivity index (χ4n) is 1.74. The molecule has 0 aliphatic rings. The summed E-state index contributed by atoms with van der Waals surface area (Å²) in [5, 5.41) is 0. The van der Waals surface area contributed by atoms with Gasteiger partial charge < -0.3 is 4.74 Å². The molecule has 0 N–H and O–H groups in total. The molecular formula is C17H22Cl2O. The lowest BCUT2D eigenvalue weighted by atomic mass is 10.0. The Balaban J connectivity index is 2.37. The van der Waals surface area contributed by atoms with E-state index < -0.39 is 0 Å². The monoisotopic (exact) mass is 312 g/mol. The van der Waals surface area contributed by atoms with Gasteiger partial charge in [-0.05, 0) is 49.5 Å². The Morgan fingerprint density at radius 2 is 1.80 bits per heavy atom. The average molecular weight is 313 g/mol. The Labute approximate surface area is 132 Å². The Hall–Kier alpha value is -0.920. The fourth-order valence-corrected chi connectivity index (χ4v) is 1.96. The molecule has 1 rings (SSSR count). The number of hydrogen-bond acceptors (Lipinski definition) is 1. The molecule has 0 saturated carbocycles. The van der Waals surface area contributed by atoms with Gasteiger partial charge >= 0.3 is 0 Å². The van der Waals surface area contributed by atoms with Gasteiger partial charge in [-0.1, -0.05) is 60.8 Å². The zero-order valence-corrected chi connectivity index (χ0v) is 13.8. The van der Waals surface area contributed by atoms with Gasteiger partial charge in [0.05, 0.1) is 0 Å². The van der Waals surface area contributed by atoms with Gasteiger partial charge in [-0.15, -0.1) is 0 Å². The zero-order valence-electron chi connectivity index (χ0n) is 12.3. The van der Waals surface area contributed by atoms with Crippen molar-refractivity contribution in [2.45, 2.75) is 39.5 Å². The third-order valence-electron chi connectivity index (χ3n) is 3.07. The third kappa shape index (κ3) is 7.02. The van der Waals surface area contributed by atoms with Crippen molar-refractivity contribution in [1.29, 1.82) is 0 Å². The molecule has 1 aromatic carbocycles. The lowest BCUT2D eigenvalue weighted by Crippen LogP contribution is -1.95. The highest BCUT2D eigenvalue weighted by Crippen LogP contribution is 2.18. The van der Waals surface area contributed by atoms with Crippen LogP contribution in [0.25, 0.3) is 0 Å². The van der Waals surface area contributed by atoms with E-state index >= 15 is 0 Å². The van der Waals surface area contributed by atoms with Crippen molar-refractivity contribution in [3.8, 4) is 5.75 Å². The smallest absolute Gasteiger partial charge is 0.119 e. The molecule has 1 aromatic rings. The van der Waals surface area contributed by atoms with Crippen LogP contribution >= 0.6 is 23.2 Å². The van der Waals surface area contributed by atoms with Crippen LogP contribution in [0, 0.1) is 0 Å². The standard InChI is InChI=1S/C17H22Cl2O/c1-13(2)15-7-9-16(10-8-15)20-12-11-14(3)5-4-6-17(18)19/h6-11,13H,4-5,12H2,1-3H3. The van der Waals surface area contributed by atoms with Crippen molar-refractivity contribution >= 4 is 23.2 Å². The molecule has 0 saturated heterocycles. The van der Waals surface area contributed by atoms with Gasteiger partial charge in [-0.25, -0.2) is 0 Å². The van der Waals surface area contributed by atoms with Crippen molar-refractivity contribution in [2.75, 3.05) is 6.61 Å². The van der Waals surface area contributed by atoms with Crippen LogP contribution in [0.4, 0.5) is 0 Å². The van der Waals surface area contributed by atoms with E-state index in [1.807, 2.05) is 18.2 Å². The minimum absolute atomic E-state index is 0.333. The summed E-state index contributed by atoms with van der Waals surface area (Å²) >= 11 is 11.1. The topological polar surface area (TPSA) is 9.23 Å². The number of benzene rings is 1. The first-order valence-corrected chi connectivity index (χ1v) is 7.64. The van der Waals surface area contributed by atoms with Crippen molar-refractivity contribution in [1.82, 2.24) is 0 Å². The summed E-state index contributed by atoms with van der Waals surface area (Å²) in [5.41, 5.74) is 2.60. The summed E-state index contributed by atoms with van der Waals surface area (Å²) in [6.45, 7) is 7.04. The SMILES string of the molecule is CC(=CCOc1ccc(C(C)C)cc1)CCC=C(Cl)Cl. The fraction of sp³-hybridized carbons (Fsp3) is 0.412. The molecule has 0 bridgehead atoms. The molecule has 110 valence electrons. The van der Waals surface area contributed by atoms with E-state index in [9.17, 15) is 0 Å². The number of allylic oxidation sites excluding steroid dienone is 2. The van der Waals surface area contributed by atoms with Gasteiger partial charge in [0.1, 0.15) is 16.8 Å². The van der Waals surface area contributed by atoms with E-state index in [0.29, 0.717) is 17.0 Å². The summed E-state index contributed by atoms with van der Waals surface area (Å²) in [4.78, 5) is 0. The first-order chi connectivity index (χ1) is 9.49. The van der Waals surface area contributed by atoms with E-state index in [-0.39, 0.29) is 0 Å². The molecule has 1 nitrogen and oxygen atoms in total. The maximum Gasteiger partial charge on any atom is 0.119 e. The molecule has 0 aromatic heterocycles. The van der Waals surface area contributed by atoms with Crippen molar-refractivity contribution in [3.63, 3.8) is 0 Å². The molecule has 0 amide bonds. The maximum atomic E-state index is 5.69. The van der Waals surface area contributed by atoms with E-state index in [2.05, 4.69) is 39.0 Å². The van der Waals surface area contributed by atoms with Crippen molar-refractivity contribution in [3.05, 3.63) is 52.0 Å². The van der Waals surface area contributed by atoms with Crippen molar-refractivity contribution in [2.24, 2.45) is 0 Å². The predicted molar refractivity (Wildman–Crippen MR) is 88.8 cm³/mol. The molecule has 0 spiro atoms. The second-order valence-corrected chi connectivity index (χ2v) is 6.13. The van der Waals surface area contributed by atoms with Crippen LogP contribution in [0.1, 0.15) is 45.1 Å². The van der Waals surface area contributed by atoms with Gasteiger partial charge in [0.2, 0.25) is 0 Å². The normalized spacial score (nSPS) is 11.6.